The molecule has 0 aromatic rings. The first kappa shape index (κ1) is 15.6. The highest BCUT2D eigenvalue weighted by Crippen LogP contribution is 2.43. The lowest BCUT2D eigenvalue weighted by Crippen LogP contribution is -2.57. The number of halogens is 2. The van der Waals surface area contributed by atoms with Crippen molar-refractivity contribution in [2.24, 2.45) is 5.41 Å². The van der Waals surface area contributed by atoms with E-state index in [0.717, 1.165) is 30.6 Å². The van der Waals surface area contributed by atoms with Crippen LogP contribution in [0.4, 0.5) is 8.78 Å². The Kier molecular flexibility index (Phi) is 4.09. The fourth-order valence-corrected chi connectivity index (χ4v) is 3.86. The Hall–Kier alpha value is -1.24. The number of amides is 2. The summed E-state index contributed by atoms with van der Waals surface area (Å²) in [6.45, 7) is -0.315. The van der Waals surface area contributed by atoms with Gasteiger partial charge in [-0.1, -0.05) is 12.8 Å². The van der Waals surface area contributed by atoms with Gasteiger partial charge in [0.05, 0.1) is 18.1 Å². The maximum Gasteiger partial charge on any atom is 0.266 e. The number of hydrogen-bond acceptors (Lipinski definition) is 3. The lowest BCUT2D eigenvalue weighted by atomic mass is 9.77. The largest absolute Gasteiger partial charge is 0.368 e. The van der Waals surface area contributed by atoms with Gasteiger partial charge < -0.3 is 15.0 Å². The summed E-state index contributed by atoms with van der Waals surface area (Å²) in [6, 6.07) is 0. The number of piperidine rings is 1. The predicted octanol–water partition coefficient (Wildman–Crippen LogP) is 1.32. The molecule has 1 spiro atoms. The van der Waals surface area contributed by atoms with Crippen LogP contribution >= 0.6 is 0 Å². The summed E-state index contributed by atoms with van der Waals surface area (Å²) in [5, 5.41) is 2.61. The van der Waals surface area contributed by atoms with Crippen LogP contribution in [0.1, 0.15) is 38.5 Å². The van der Waals surface area contributed by atoms with E-state index in [1.54, 1.807) is 0 Å². The van der Waals surface area contributed by atoms with Crippen LogP contribution in [0, 0.1) is 5.41 Å². The SMILES string of the molecule is O=C(COC1CCCC1)N1CC(F)(F)C[C@@]2(CCNC2=O)C1. The second-order valence-electron chi connectivity index (χ2n) is 6.79. The summed E-state index contributed by atoms with van der Waals surface area (Å²) < 4.78 is 33.6. The molecule has 3 fully saturated rings. The summed E-state index contributed by atoms with van der Waals surface area (Å²) in [5.74, 6) is -3.82. The van der Waals surface area contributed by atoms with Gasteiger partial charge in [0.15, 0.2) is 0 Å². The molecule has 2 aliphatic heterocycles. The van der Waals surface area contributed by atoms with Gasteiger partial charge in [0.2, 0.25) is 11.8 Å². The number of nitrogens with zero attached hydrogens (tertiary/aromatic N) is 1. The van der Waals surface area contributed by atoms with E-state index in [0.29, 0.717) is 13.0 Å². The highest BCUT2D eigenvalue weighted by Gasteiger charge is 2.55. The van der Waals surface area contributed by atoms with Gasteiger partial charge in [-0.3, -0.25) is 9.59 Å². The van der Waals surface area contributed by atoms with Crippen LogP contribution in [0.3, 0.4) is 0 Å². The molecule has 124 valence electrons. The zero-order valence-electron chi connectivity index (χ0n) is 12.6. The van der Waals surface area contributed by atoms with E-state index in [4.69, 9.17) is 4.74 Å². The van der Waals surface area contributed by atoms with E-state index < -0.39 is 30.2 Å². The molecule has 0 aromatic heterocycles. The average molecular weight is 316 g/mol. The average Bonchev–Trinajstić information content (AvgIpc) is 3.06. The minimum Gasteiger partial charge on any atom is -0.368 e. The smallest absolute Gasteiger partial charge is 0.266 e. The molecule has 0 radical (unpaired) electrons. The Morgan fingerprint density at radius 2 is 2.05 bits per heavy atom. The van der Waals surface area contributed by atoms with Crippen molar-refractivity contribution in [3.05, 3.63) is 0 Å². The standard InChI is InChI=1S/C15H22F2N2O3/c16-15(17)8-14(5-6-18-13(14)21)9-19(10-15)12(20)7-22-11-3-1-2-4-11/h11H,1-10H2,(H,18,21)/t14-/m0/s1. The van der Waals surface area contributed by atoms with E-state index in [-0.39, 0.29) is 25.2 Å². The molecule has 7 heteroatoms. The number of nitrogens with one attached hydrogen (secondary N) is 1. The molecule has 1 aliphatic carbocycles. The number of rotatable bonds is 3. The molecule has 2 saturated heterocycles. The molecule has 1 saturated carbocycles. The molecule has 5 nitrogen and oxygen atoms in total. The van der Waals surface area contributed by atoms with Crippen molar-refractivity contribution in [3.8, 4) is 0 Å². The van der Waals surface area contributed by atoms with Gasteiger partial charge in [-0.25, -0.2) is 8.78 Å². The molecule has 22 heavy (non-hydrogen) atoms. The molecule has 1 atom stereocenters. The molecule has 2 heterocycles. The van der Waals surface area contributed by atoms with Crippen molar-refractivity contribution in [3.63, 3.8) is 0 Å². The van der Waals surface area contributed by atoms with Gasteiger partial charge in [0.1, 0.15) is 6.61 Å². The minimum atomic E-state index is -3.02. The molecular weight excluding hydrogens is 294 g/mol. The lowest BCUT2D eigenvalue weighted by molar-refractivity contribution is -0.164. The van der Waals surface area contributed by atoms with E-state index in [1.807, 2.05) is 0 Å². The summed E-state index contributed by atoms with van der Waals surface area (Å²) in [5.41, 5.74) is -1.13. The number of carbonyl (C=O) groups excluding carboxylic acids is 2. The van der Waals surface area contributed by atoms with Crippen LogP contribution in [0.25, 0.3) is 0 Å². The van der Waals surface area contributed by atoms with E-state index in [1.165, 1.54) is 0 Å². The highest BCUT2D eigenvalue weighted by atomic mass is 19.3. The Morgan fingerprint density at radius 1 is 1.32 bits per heavy atom. The van der Waals surface area contributed by atoms with E-state index in [9.17, 15) is 18.4 Å². The molecule has 3 rings (SSSR count). The fraction of sp³-hybridized carbons (Fsp3) is 0.867. The molecule has 0 bridgehead atoms. The number of carbonyl (C=O) groups is 2. The van der Waals surface area contributed by atoms with Gasteiger partial charge in [-0.15, -0.1) is 0 Å². The Labute approximate surface area is 128 Å². The molecule has 1 N–H and O–H groups in total. The van der Waals surface area contributed by atoms with Crippen LogP contribution in [0.2, 0.25) is 0 Å². The maximum atomic E-state index is 14.0. The first-order chi connectivity index (χ1) is 10.4. The van der Waals surface area contributed by atoms with Crippen molar-refractivity contribution in [2.45, 2.75) is 50.6 Å². The molecule has 0 aromatic carbocycles. The fourth-order valence-electron chi connectivity index (χ4n) is 3.86. The first-order valence-corrected chi connectivity index (χ1v) is 7.96. The maximum absolute atomic E-state index is 14.0. The summed E-state index contributed by atoms with van der Waals surface area (Å²) >= 11 is 0. The summed E-state index contributed by atoms with van der Waals surface area (Å²) in [7, 11) is 0. The quantitative estimate of drug-likeness (QED) is 0.854. The van der Waals surface area contributed by atoms with Crippen molar-refractivity contribution < 1.29 is 23.1 Å². The third-order valence-corrected chi connectivity index (χ3v) is 4.98. The van der Waals surface area contributed by atoms with Gasteiger partial charge in [-0.2, -0.15) is 0 Å². The second-order valence-corrected chi connectivity index (χ2v) is 6.79. The molecule has 2 amide bonds. The first-order valence-electron chi connectivity index (χ1n) is 7.96. The van der Waals surface area contributed by atoms with Crippen LogP contribution < -0.4 is 5.32 Å². The van der Waals surface area contributed by atoms with Gasteiger partial charge in [-0.05, 0) is 19.3 Å². The van der Waals surface area contributed by atoms with E-state index >= 15 is 0 Å². The number of ether oxygens (including phenoxy) is 1. The number of alkyl halides is 2. The van der Waals surface area contributed by atoms with Crippen molar-refractivity contribution >= 4 is 11.8 Å². The van der Waals surface area contributed by atoms with Crippen molar-refractivity contribution in [1.82, 2.24) is 10.2 Å². The van der Waals surface area contributed by atoms with Gasteiger partial charge in [0.25, 0.3) is 5.92 Å². The number of likely N-dealkylation sites (tertiary alicyclic amines) is 1. The normalized spacial score (nSPS) is 31.7. The highest BCUT2D eigenvalue weighted by molar-refractivity contribution is 5.86. The van der Waals surface area contributed by atoms with Crippen molar-refractivity contribution in [1.29, 1.82) is 0 Å². The summed E-state index contributed by atoms with van der Waals surface area (Å²) in [4.78, 5) is 25.3. The Bertz CT molecular complexity index is 466. The lowest BCUT2D eigenvalue weighted by Gasteiger charge is -2.42. The van der Waals surface area contributed by atoms with Crippen molar-refractivity contribution in [2.75, 3.05) is 26.2 Å². The van der Waals surface area contributed by atoms with Crippen LogP contribution in [-0.4, -0.2) is 55.0 Å². The Balaban J connectivity index is 1.64. The molecule has 3 aliphatic rings. The predicted molar refractivity (Wildman–Crippen MR) is 74.4 cm³/mol. The van der Waals surface area contributed by atoms with Gasteiger partial charge >= 0.3 is 0 Å². The monoisotopic (exact) mass is 316 g/mol. The Morgan fingerprint density at radius 3 is 2.68 bits per heavy atom. The third-order valence-electron chi connectivity index (χ3n) is 4.98. The van der Waals surface area contributed by atoms with Crippen LogP contribution in [0.15, 0.2) is 0 Å². The second kappa shape index (κ2) is 5.76. The van der Waals surface area contributed by atoms with Crippen LogP contribution in [0.5, 0.6) is 0 Å². The third kappa shape index (κ3) is 3.09. The topological polar surface area (TPSA) is 58.6 Å². The minimum absolute atomic E-state index is 0.0676. The number of hydrogen-bond donors (Lipinski definition) is 1. The van der Waals surface area contributed by atoms with Crippen LogP contribution in [-0.2, 0) is 14.3 Å². The summed E-state index contributed by atoms with van der Waals surface area (Å²) in [6.07, 6.45) is 3.98. The molecular formula is C15H22F2N2O3. The van der Waals surface area contributed by atoms with Gasteiger partial charge in [0, 0.05) is 19.5 Å². The zero-order valence-corrected chi connectivity index (χ0v) is 12.6. The van der Waals surface area contributed by atoms with E-state index in [2.05, 4.69) is 5.32 Å². The zero-order chi connectivity index (χ0) is 15.8. The molecule has 0 unspecified atom stereocenters.